The maximum absolute atomic E-state index is 11.5. The van der Waals surface area contributed by atoms with Crippen LogP contribution in [0, 0.1) is 11.3 Å². The molecule has 80 valence electrons. The number of hydrogen-bond acceptors (Lipinski definition) is 2. The van der Waals surface area contributed by atoms with Gasteiger partial charge in [0.25, 0.3) is 0 Å². The lowest BCUT2D eigenvalue weighted by Gasteiger charge is -2.47. The van der Waals surface area contributed by atoms with Gasteiger partial charge in [-0.2, -0.15) is 0 Å². The molecule has 2 fully saturated rings. The fourth-order valence-corrected chi connectivity index (χ4v) is 3.14. The molecule has 0 radical (unpaired) electrons. The Morgan fingerprint density at radius 1 is 1.50 bits per heavy atom. The summed E-state index contributed by atoms with van der Waals surface area (Å²) in [5.74, 6) is 0.661. The van der Waals surface area contributed by atoms with Gasteiger partial charge in [0, 0.05) is 30.6 Å². The number of hydrogen-bond donors (Lipinski definition) is 1. The predicted molar refractivity (Wildman–Crippen MR) is 53.9 cm³/mol. The van der Waals surface area contributed by atoms with Crippen LogP contribution in [0.3, 0.4) is 0 Å². The molecule has 0 aromatic rings. The first-order valence-electron chi connectivity index (χ1n) is 5.37. The highest BCUT2D eigenvalue weighted by molar-refractivity contribution is 5.81. The van der Waals surface area contributed by atoms with Crippen LogP contribution in [0.25, 0.3) is 0 Å². The lowest BCUT2D eigenvalue weighted by atomic mass is 9.62. The third kappa shape index (κ3) is 1.18. The summed E-state index contributed by atoms with van der Waals surface area (Å²) in [7, 11) is 0. The molecular formula is C11H19NO2. The molecule has 2 unspecified atom stereocenters. The van der Waals surface area contributed by atoms with E-state index in [2.05, 4.69) is 26.1 Å². The van der Waals surface area contributed by atoms with E-state index in [1.165, 1.54) is 0 Å². The van der Waals surface area contributed by atoms with Crippen LogP contribution in [-0.2, 0) is 9.53 Å². The summed E-state index contributed by atoms with van der Waals surface area (Å²) in [5, 5.41) is 3.09. The number of carbonyl (C=O) groups excluding carboxylic acids is 1. The van der Waals surface area contributed by atoms with Gasteiger partial charge in [-0.3, -0.25) is 4.79 Å². The van der Waals surface area contributed by atoms with Gasteiger partial charge in [0.2, 0.25) is 5.91 Å². The fourth-order valence-electron chi connectivity index (χ4n) is 3.14. The van der Waals surface area contributed by atoms with Crippen molar-refractivity contribution in [1.82, 2.24) is 5.32 Å². The Hall–Kier alpha value is -0.570. The molecule has 1 amide bonds. The van der Waals surface area contributed by atoms with Gasteiger partial charge in [0.15, 0.2) is 0 Å². The number of ether oxygens (including phenoxy) is 1. The SMILES string of the molecule is CC1COCCC12CC(=O)NC2(C)C. The molecule has 2 aliphatic heterocycles. The first-order valence-corrected chi connectivity index (χ1v) is 5.37. The summed E-state index contributed by atoms with van der Waals surface area (Å²) in [4.78, 5) is 11.5. The van der Waals surface area contributed by atoms with Crippen LogP contribution in [0.1, 0.15) is 33.6 Å². The summed E-state index contributed by atoms with van der Waals surface area (Å²) in [5.41, 5.74) is 0.0373. The van der Waals surface area contributed by atoms with Crippen molar-refractivity contribution in [2.45, 2.75) is 39.2 Å². The second kappa shape index (κ2) is 2.96. The second-order valence-electron chi connectivity index (χ2n) is 5.23. The third-order valence-corrected chi connectivity index (χ3v) is 4.18. The molecule has 2 atom stereocenters. The average Bonchev–Trinajstić information content (AvgIpc) is 2.29. The molecule has 2 aliphatic rings. The lowest BCUT2D eigenvalue weighted by molar-refractivity contribution is -0.120. The van der Waals surface area contributed by atoms with E-state index in [0.29, 0.717) is 12.3 Å². The van der Waals surface area contributed by atoms with Crippen molar-refractivity contribution in [3.05, 3.63) is 0 Å². The summed E-state index contributed by atoms with van der Waals surface area (Å²) in [6.45, 7) is 8.06. The van der Waals surface area contributed by atoms with Gasteiger partial charge in [0.05, 0.1) is 0 Å². The summed E-state index contributed by atoms with van der Waals surface area (Å²) < 4.78 is 5.46. The lowest BCUT2D eigenvalue weighted by Crippen LogP contribution is -2.53. The van der Waals surface area contributed by atoms with Gasteiger partial charge >= 0.3 is 0 Å². The molecule has 2 heterocycles. The fraction of sp³-hybridized carbons (Fsp3) is 0.909. The molecule has 1 N–H and O–H groups in total. The molecule has 2 saturated heterocycles. The molecule has 2 rings (SSSR count). The number of carbonyl (C=O) groups is 1. The molecule has 3 heteroatoms. The van der Waals surface area contributed by atoms with Crippen molar-refractivity contribution < 1.29 is 9.53 Å². The standard InChI is InChI=1S/C11H19NO2/c1-8-7-14-5-4-11(8)6-9(13)12-10(11,2)3/h8H,4-7H2,1-3H3,(H,12,13). The van der Waals surface area contributed by atoms with Gasteiger partial charge in [-0.1, -0.05) is 6.92 Å². The van der Waals surface area contributed by atoms with E-state index in [0.717, 1.165) is 19.6 Å². The van der Waals surface area contributed by atoms with E-state index in [-0.39, 0.29) is 16.9 Å². The normalized spacial score (nSPS) is 41.4. The maximum Gasteiger partial charge on any atom is 0.221 e. The Balaban J connectivity index is 2.32. The quantitative estimate of drug-likeness (QED) is 0.636. The minimum atomic E-state index is -0.0761. The van der Waals surface area contributed by atoms with Crippen LogP contribution in [0.5, 0.6) is 0 Å². The van der Waals surface area contributed by atoms with E-state index in [1.807, 2.05) is 0 Å². The Morgan fingerprint density at radius 3 is 2.71 bits per heavy atom. The van der Waals surface area contributed by atoms with E-state index in [1.54, 1.807) is 0 Å². The zero-order valence-corrected chi connectivity index (χ0v) is 9.22. The minimum Gasteiger partial charge on any atom is -0.381 e. The van der Waals surface area contributed by atoms with Gasteiger partial charge in [-0.15, -0.1) is 0 Å². The number of nitrogens with one attached hydrogen (secondary N) is 1. The van der Waals surface area contributed by atoms with Crippen molar-refractivity contribution in [3.63, 3.8) is 0 Å². The highest BCUT2D eigenvalue weighted by Gasteiger charge is 2.56. The molecule has 0 bridgehead atoms. The summed E-state index contributed by atoms with van der Waals surface area (Å²) in [6.07, 6.45) is 1.67. The maximum atomic E-state index is 11.5. The molecular weight excluding hydrogens is 178 g/mol. The monoisotopic (exact) mass is 197 g/mol. The molecule has 0 aromatic carbocycles. The van der Waals surface area contributed by atoms with Crippen molar-refractivity contribution in [2.24, 2.45) is 11.3 Å². The summed E-state index contributed by atoms with van der Waals surface area (Å²) >= 11 is 0. The van der Waals surface area contributed by atoms with Gasteiger partial charge in [-0.05, 0) is 26.2 Å². The molecule has 0 aromatic heterocycles. The Bertz CT molecular complexity index is 262. The molecule has 1 spiro atoms. The Kier molecular flexibility index (Phi) is 2.11. The first kappa shape index (κ1) is 9.97. The smallest absolute Gasteiger partial charge is 0.221 e. The average molecular weight is 197 g/mol. The van der Waals surface area contributed by atoms with Crippen molar-refractivity contribution in [3.8, 4) is 0 Å². The van der Waals surface area contributed by atoms with E-state index in [4.69, 9.17) is 4.74 Å². The van der Waals surface area contributed by atoms with Crippen molar-refractivity contribution in [1.29, 1.82) is 0 Å². The van der Waals surface area contributed by atoms with Crippen LogP contribution in [-0.4, -0.2) is 24.7 Å². The minimum absolute atomic E-state index is 0.0761. The molecule has 0 saturated carbocycles. The van der Waals surface area contributed by atoms with E-state index < -0.39 is 0 Å². The highest BCUT2D eigenvalue weighted by atomic mass is 16.5. The second-order valence-corrected chi connectivity index (χ2v) is 5.23. The van der Waals surface area contributed by atoms with Crippen molar-refractivity contribution in [2.75, 3.05) is 13.2 Å². The van der Waals surface area contributed by atoms with E-state index in [9.17, 15) is 4.79 Å². The largest absolute Gasteiger partial charge is 0.381 e. The first-order chi connectivity index (χ1) is 6.48. The highest BCUT2D eigenvalue weighted by Crippen LogP contribution is 2.50. The zero-order valence-electron chi connectivity index (χ0n) is 9.22. The van der Waals surface area contributed by atoms with Crippen LogP contribution in [0.15, 0.2) is 0 Å². The third-order valence-electron chi connectivity index (χ3n) is 4.18. The van der Waals surface area contributed by atoms with Gasteiger partial charge in [-0.25, -0.2) is 0 Å². The Labute approximate surface area is 85.2 Å². The predicted octanol–water partition coefficient (Wildman–Crippen LogP) is 1.33. The zero-order chi connectivity index (χ0) is 10.4. The van der Waals surface area contributed by atoms with Gasteiger partial charge < -0.3 is 10.1 Å². The van der Waals surface area contributed by atoms with Crippen LogP contribution < -0.4 is 5.32 Å². The van der Waals surface area contributed by atoms with Crippen LogP contribution in [0.4, 0.5) is 0 Å². The molecule has 14 heavy (non-hydrogen) atoms. The van der Waals surface area contributed by atoms with Crippen LogP contribution >= 0.6 is 0 Å². The van der Waals surface area contributed by atoms with E-state index >= 15 is 0 Å². The number of amides is 1. The Morgan fingerprint density at radius 2 is 2.21 bits per heavy atom. The number of rotatable bonds is 0. The van der Waals surface area contributed by atoms with Crippen molar-refractivity contribution >= 4 is 5.91 Å². The van der Waals surface area contributed by atoms with Gasteiger partial charge in [0.1, 0.15) is 0 Å². The topological polar surface area (TPSA) is 38.3 Å². The molecule has 3 nitrogen and oxygen atoms in total. The summed E-state index contributed by atoms with van der Waals surface area (Å²) in [6, 6.07) is 0. The molecule has 0 aliphatic carbocycles. The van der Waals surface area contributed by atoms with Crippen LogP contribution in [0.2, 0.25) is 0 Å².